The van der Waals surface area contributed by atoms with E-state index < -0.39 is 10.1 Å². The fraction of sp³-hybridized carbons (Fsp3) is 0.308. The van der Waals surface area contributed by atoms with Gasteiger partial charge in [-0.05, 0) is 23.7 Å². The lowest BCUT2D eigenvalue weighted by molar-refractivity contribution is -0.750. The van der Waals surface area contributed by atoms with Crippen molar-refractivity contribution in [2.75, 3.05) is 12.9 Å². The van der Waals surface area contributed by atoms with E-state index in [0.717, 1.165) is 23.9 Å². The van der Waals surface area contributed by atoms with Crippen molar-refractivity contribution < 1.29 is 17.3 Å². The summed E-state index contributed by atoms with van der Waals surface area (Å²) >= 11 is 0. The molecule has 2 aromatic heterocycles. The summed E-state index contributed by atoms with van der Waals surface area (Å²) in [5.74, 6) is -0.108. The van der Waals surface area contributed by atoms with Gasteiger partial charge in [0.05, 0.1) is 12.8 Å². The summed E-state index contributed by atoms with van der Waals surface area (Å²) in [6.45, 7) is 2.23. The zero-order valence-corrected chi connectivity index (χ0v) is 12.2. The molecule has 2 aromatic rings. The van der Waals surface area contributed by atoms with E-state index in [-0.39, 0.29) is 12.3 Å². The fourth-order valence-electron chi connectivity index (χ4n) is 1.73. The highest BCUT2D eigenvalue weighted by Crippen LogP contribution is 2.17. The van der Waals surface area contributed by atoms with Gasteiger partial charge in [-0.3, -0.25) is 9.17 Å². The first-order valence-corrected chi connectivity index (χ1v) is 7.65. The lowest BCUT2D eigenvalue weighted by Gasteiger charge is -2.02. The number of hydrogen-bond donors (Lipinski definition) is 0. The number of hydrogen-bond acceptors (Lipinski definition) is 5. The van der Waals surface area contributed by atoms with Crippen LogP contribution < -0.4 is 4.68 Å². The molecule has 7 heteroatoms. The molecule has 0 N–H and O–H groups in total. The van der Waals surface area contributed by atoms with Gasteiger partial charge in [-0.25, -0.2) is 0 Å². The Bertz CT molecular complexity index is 684. The van der Waals surface area contributed by atoms with Crippen molar-refractivity contribution in [3.63, 3.8) is 0 Å². The molecular weight excluding hydrogens is 278 g/mol. The minimum atomic E-state index is -3.46. The monoisotopic (exact) mass is 294 g/mol. The predicted molar refractivity (Wildman–Crippen MR) is 73.2 cm³/mol. The summed E-state index contributed by atoms with van der Waals surface area (Å²) in [6.07, 6.45) is 5.14. The molecule has 6 nitrogen and oxygen atoms in total. The zero-order valence-electron chi connectivity index (χ0n) is 11.4. The van der Waals surface area contributed by atoms with Crippen LogP contribution in [0.25, 0.3) is 11.3 Å². The Labute approximate surface area is 118 Å². The SMILES string of the molecule is COS(=O)(=O)CC[n+]1ccc(-c2ncccc2C)cn1. The maximum atomic E-state index is 11.2. The van der Waals surface area contributed by atoms with Gasteiger partial charge in [0.2, 0.25) is 0 Å². The van der Waals surface area contributed by atoms with E-state index in [1.54, 1.807) is 23.3 Å². The molecular formula is C13H16N3O3S+. The van der Waals surface area contributed by atoms with Crippen molar-refractivity contribution in [3.8, 4) is 11.3 Å². The van der Waals surface area contributed by atoms with Gasteiger partial charge >= 0.3 is 0 Å². The lowest BCUT2D eigenvalue weighted by Crippen LogP contribution is -2.40. The summed E-state index contributed by atoms with van der Waals surface area (Å²) in [5.41, 5.74) is 2.83. The number of aromatic nitrogens is 3. The van der Waals surface area contributed by atoms with Crippen LogP contribution in [-0.2, 0) is 20.8 Å². The molecule has 0 bridgehead atoms. The van der Waals surface area contributed by atoms with E-state index in [1.807, 2.05) is 25.1 Å². The smallest absolute Gasteiger partial charge is 0.273 e. The molecule has 0 spiro atoms. The lowest BCUT2D eigenvalue weighted by atomic mass is 10.1. The van der Waals surface area contributed by atoms with Gasteiger partial charge in [0.25, 0.3) is 10.1 Å². The van der Waals surface area contributed by atoms with E-state index in [0.29, 0.717) is 0 Å². The van der Waals surface area contributed by atoms with Gasteiger partial charge < -0.3 is 0 Å². The van der Waals surface area contributed by atoms with Crippen LogP contribution in [-0.4, -0.2) is 31.4 Å². The molecule has 0 amide bonds. The van der Waals surface area contributed by atoms with E-state index in [4.69, 9.17) is 0 Å². The van der Waals surface area contributed by atoms with Crippen LogP contribution in [0.3, 0.4) is 0 Å². The molecule has 0 aliphatic heterocycles. The van der Waals surface area contributed by atoms with Gasteiger partial charge in [-0.15, -0.1) is 0 Å². The van der Waals surface area contributed by atoms with Gasteiger partial charge in [0.1, 0.15) is 11.9 Å². The Morgan fingerprint density at radius 1 is 1.35 bits per heavy atom. The minimum Gasteiger partial charge on any atom is -0.273 e. The normalized spacial score (nSPS) is 11.5. The van der Waals surface area contributed by atoms with Crippen LogP contribution in [0, 0.1) is 6.92 Å². The average Bonchev–Trinajstić information content (AvgIpc) is 2.46. The molecule has 2 heterocycles. The first-order valence-electron chi connectivity index (χ1n) is 6.08. The van der Waals surface area contributed by atoms with E-state index in [2.05, 4.69) is 14.3 Å². The molecule has 0 aliphatic rings. The molecule has 2 rings (SSSR count). The van der Waals surface area contributed by atoms with E-state index in [9.17, 15) is 8.42 Å². The van der Waals surface area contributed by atoms with Gasteiger partial charge in [-0.1, -0.05) is 10.7 Å². The molecule has 20 heavy (non-hydrogen) atoms. The third-order valence-electron chi connectivity index (χ3n) is 2.88. The molecule has 0 aromatic carbocycles. The number of aryl methyl sites for hydroxylation is 2. The Kier molecular flexibility index (Phi) is 4.41. The highest BCUT2D eigenvalue weighted by Gasteiger charge is 2.14. The number of rotatable bonds is 5. The van der Waals surface area contributed by atoms with Gasteiger partial charge in [0.15, 0.2) is 12.7 Å². The quantitative estimate of drug-likeness (QED) is 0.600. The van der Waals surface area contributed by atoms with Crippen LogP contribution in [0.15, 0.2) is 36.8 Å². The molecule has 0 atom stereocenters. The average molecular weight is 294 g/mol. The molecule has 0 aliphatic carbocycles. The molecule has 0 fully saturated rings. The Morgan fingerprint density at radius 2 is 2.15 bits per heavy atom. The summed E-state index contributed by atoms with van der Waals surface area (Å²) in [6, 6.07) is 5.72. The second-order valence-corrected chi connectivity index (χ2v) is 6.13. The third-order valence-corrected chi connectivity index (χ3v) is 4.07. The summed E-state index contributed by atoms with van der Waals surface area (Å²) in [7, 11) is -2.31. The topological polar surface area (TPSA) is 73.0 Å². The Morgan fingerprint density at radius 3 is 2.75 bits per heavy atom. The van der Waals surface area contributed by atoms with E-state index in [1.165, 1.54) is 0 Å². The first-order chi connectivity index (χ1) is 9.52. The Hall–Kier alpha value is -1.86. The maximum Gasteiger partial charge on any atom is 0.273 e. The maximum absolute atomic E-state index is 11.2. The minimum absolute atomic E-state index is 0.108. The summed E-state index contributed by atoms with van der Waals surface area (Å²) in [4.78, 5) is 4.31. The first kappa shape index (κ1) is 14.5. The second-order valence-electron chi connectivity index (χ2n) is 4.28. The largest absolute Gasteiger partial charge is 0.273 e. The molecule has 106 valence electrons. The van der Waals surface area contributed by atoms with Gasteiger partial charge in [-0.2, -0.15) is 8.42 Å². The molecule has 0 unspecified atom stereocenters. The van der Waals surface area contributed by atoms with Crippen LogP contribution in [0.4, 0.5) is 0 Å². The number of nitrogens with zero attached hydrogens (tertiary/aromatic N) is 3. The zero-order chi connectivity index (χ0) is 14.6. The van der Waals surface area contributed by atoms with Gasteiger partial charge in [0, 0.05) is 17.8 Å². The molecule has 0 radical (unpaired) electrons. The molecule has 0 saturated heterocycles. The van der Waals surface area contributed by atoms with Crippen LogP contribution >= 0.6 is 0 Å². The van der Waals surface area contributed by atoms with Crippen molar-refractivity contribution in [3.05, 3.63) is 42.4 Å². The van der Waals surface area contributed by atoms with Crippen LogP contribution in [0.5, 0.6) is 0 Å². The van der Waals surface area contributed by atoms with Crippen LogP contribution in [0.2, 0.25) is 0 Å². The highest BCUT2D eigenvalue weighted by molar-refractivity contribution is 7.86. The van der Waals surface area contributed by atoms with Crippen molar-refractivity contribution in [1.82, 2.24) is 10.1 Å². The van der Waals surface area contributed by atoms with Crippen molar-refractivity contribution in [2.24, 2.45) is 0 Å². The molecule has 0 saturated carbocycles. The van der Waals surface area contributed by atoms with Crippen LogP contribution in [0.1, 0.15) is 5.56 Å². The summed E-state index contributed by atoms with van der Waals surface area (Å²) in [5, 5.41) is 4.19. The Balaban J connectivity index is 2.13. The van der Waals surface area contributed by atoms with Crippen molar-refractivity contribution in [2.45, 2.75) is 13.5 Å². The van der Waals surface area contributed by atoms with Crippen molar-refractivity contribution >= 4 is 10.1 Å². The van der Waals surface area contributed by atoms with E-state index >= 15 is 0 Å². The third kappa shape index (κ3) is 3.58. The standard InChI is InChI=1S/C13H16N3O3S/c1-11-4-3-6-14-13(11)12-5-7-16(15-10-12)8-9-20(17,18)19-2/h3-7,10H,8-9H2,1-2H3/q+1. The van der Waals surface area contributed by atoms with Crippen molar-refractivity contribution in [1.29, 1.82) is 0 Å². The number of pyridine rings is 1. The predicted octanol–water partition coefficient (Wildman–Crippen LogP) is 0.716. The highest BCUT2D eigenvalue weighted by atomic mass is 32.2. The second kappa shape index (κ2) is 6.06. The fourth-order valence-corrected chi connectivity index (χ4v) is 2.31. The summed E-state index contributed by atoms with van der Waals surface area (Å²) < 4.78 is 28.4.